The van der Waals surface area contributed by atoms with Crippen LogP contribution in [0.15, 0.2) is 17.0 Å². The number of carboxylic acid groups (broad SMARTS) is 1. The Balaban J connectivity index is 2.04. The van der Waals surface area contributed by atoms with Gasteiger partial charge in [-0.1, -0.05) is 0 Å². The zero-order valence-electron chi connectivity index (χ0n) is 7.51. The first-order chi connectivity index (χ1) is 7.24. The lowest BCUT2D eigenvalue weighted by Gasteiger charge is -1.94. The van der Waals surface area contributed by atoms with Gasteiger partial charge in [0.05, 0.1) is 12.1 Å². The molecule has 2 N–H and O–H groups in total. The summed E-state index contributed by atoms with van der Waals surface area (Å²) in [5.74, 6) is -0.874. The number of anilines is 2. The Bertz CT molecular complexity index is 452. The van der Waals surface area contributed by atoms with Gasteiger partial charge in [-0.2, -0.15) is 0 Å². The third-order valence-electron chi connectivity index (χ3n) is 1.53. The van der Waals surface area contributed by atoms with Gasteiger partial charge in [0.15, 0.2) is 10.3 Å². The van der Waals surface area contributed by atoms with E-state index >= 15 is 0 Å². The Morgan fingerprint density at radius 1 is 1.47 bits per heavy atom. The molecule has 7 heteroatoms. The van der Waals surface area contributed by atoms with Crippen LogP contribution in [0.2, 0.25) is 0 Å². The predicted octanol–water partition coefficient (Wildman–Crippen LogP) is 1.97. The van der Waals surface area contributed by atoms with Gasteiger partial charge in [0.1, 0.15) is 0 Å². The summed E-state index contributed by atoms with van der Waals surface area (Å²) in [5.41, 5.74) is 0.562. The number of nitrogens with one attached hydrogen (secondary N) is 1. The molecule has 78 valence electrons. The standard InChI is InChI=1S/C8H7N3O2S2/c12-6(13)3-5-4-15-8(10-5)11-7-9-1-2-14-7/h1-2,4H,3H2,(H,12,13)(H,9,10,11). The molecule has 15 heavy (non-hydrogen) atoms. The highest BCUT2D eigenvalue weighted by Crippen LogP contribution is 2.22. The van der Waals surface area contributed by atoms with E-state index in [9.17, 15) is 4.79 Å². The second kappa shape index (κ2) is 4.37. The summed E-state index contributed by atoms with van der Waals surface area (Å²) < 4.78 is 0. The third-order valence-corrected chi connectivity index (χ3v) is 3.03. The zero-order valence-corrected chi connectivity index (χ0v) is 9.14. The molecule has 0 spiro atoms. The Morgan fingerprint density at radius 2 is 2.33 bits per heavy atom. The first kappa shape index (κ1) is 10.1. The number of carboxylic acids is 1. The fourth-order valence-corrected chi connectivity index (χ4v) is 2.28. The molecule has 0 saturated carbocycles. The summed E-state index contributed by atoms with van der Waals surface area (Å²) in [6.07, 6.45) is 1.65. The Morgan fingerprint density at radius 3 is 3.00 bits per heavy atom. The molecular formula is C8H7N3O2S2. The molecule has 0 bridgehead atoms. The lowest BCUT2D eigenvalue weighted by Crippen LogP contribution is -2.00. The number of nitrogens with zero attached hydrogens (tertiary/aromatic N) is 2. The monoisotopic (exact) mass is 241 g/mol. The van der Waals surface area contributed by atoms with E-state index in [0.29, 0.717) is 10.8 Å². The second-order valence-electron chi connectivity index (χ2n) is 2.68. The lowest BCUT2D eigenvalue weighted by molar-refractivity contribution is -0.136. The second-order valence-corrected chi connectivity index (χ2v) is 4.43. The van der Waals surface area contributed by atoms with Crippen molar-refractivity contribution in [1.82, 2.24) is 9.97 Å². The molecule has 0 saturated heterocycles. The molecule has 2 aromatic heterocycles. The van der Waals surface area contributed by atoms with Crippen molar-refractivity contribution in [3.63, 3.8) is 0 Å². The Kier molecular flexibility index (Phi) is 2.93. The van der Waals surface area contributed by atoms with Gasteiger partial charge in [0.25, 0.3) is 0 Å². The molecule has 2 rings (SSSR count). The first-order valence-corrected chi connectivity index (χ1v) is 5.82. The fraction of sp³-hybridized carbons (Fsp3) is 0.125. The van der Waals surface area contributed by atoms with Crippen molar-refractivity contribution in [2.75, 3.05) is 5.32 Å². The highest BCUT2D eigenvalue weighted by molar-refractivity contribution is 7.15. The van der Waals surface area contributed by atoms with Crippen molar-refractivity contribution in [2.45, 2.75) is 6.42 Å². The summed E-state index contributed by atoms with van der Waals surface area (Å²) in [4.78, 5) is 18.6. The van der Waals surface area contributed by atoms with Crippen LogP contribution in [-0.4, -0.2) is 21.0 Å². The van der Waals surface area contributed by atoms with Crippen LogP contribution in [-0.2, 0) is 11.2 Å². The van der Waals surface area contributed by atoms with Crippen LogP contribution in [0.4, 0.5) is 10.3 Å². The van der Waals surface area contributed by atoms with Gasteiger partial charge >= 0.3 is 5.97 Å². The minimum atomic E-state index is -0.874. The fourth-order valence-electron chi connectivity index (χ4n) is 0.977. The van der Waals surface area contributed by atoms with Crippen molar-refractivity contribution >= 4 is 38.9 Å². The van der Waals surface area contributed by atoms with Crippen LogP contribution in [0.25, 0.3) is 0 Å². The topological polar surface area (TPSA) is 75.1 Å². The average molecular weight is 241 g/mol. The molecule has 0 aliphatic rings. The number of aromatic nitrogens is 2. The predicted molar refractivity (Wildman–Crippen MR) is 58.9 cm³/mol. The van der Waals surface area contributed by atoms with Crippen LogP contribution < -0.4 is 5.32 Å². The quantitative estimate of drug-likeness (QED) is 0.856. The maximum absolute atomic E-state index is 10.4. The number of carbonyl (C=O) groups is 1. The number of thiazole rings is 2. The minimum Gasteiger partial charge on any atom is -0.481 e. The molecule has 5 nitrogen and oxygen atoms in total. The van der Waals surface area contributed by atoms with E-state index in [-0.39, 0.29) is 6.42 Å². The van der Waals surface area contributed by atoms with Crippen molar-refractivity contribution in [3.05, 3.63) is 22.7 Å². The summed E-state index contributed by atoms with van der Waals surface area (Å²) in [6, 6.07) is 0. The first-order valence-electron chi connectivity index (χ1n) is 4.07. The van der Waals surface area contributed by atoms with Gasteiger partial charge in [0, 0.05) is 17.0 Å². The SMILES string of the molecule is O=C(O)Cc1csc(Nc2nccs2)n1. The van der Waals surface area contributed by atoms with Crippen molar-refractivity contribution in [2.24, 2.45) is 0 Å². The lowest BCUT2D eigenvalue weighted by atomic mass is 10.3. The van der Waals surface area contributed by atoms with Crippen molar-refractivity contribution in [3.8, 4) is 0 Å². The van der Waals surface area contributed by atoms with E-state index in [1.165, 1.54) is 22.7 Å². The van der Waals surface area contributed by atoms with E-state index in [1.54, 1.807) is 11.6 Å². The van der Waals surface area contributed by atoms with E-state index in [1.807, 2.05) is 5.38 Å². The maximum atomic E-state index is 10.4. The molecule has 0 aromatic carbocycles. The van der Waals surface area contributed by atoms with Crippen LogP contribution in [0, 0.1) is 0 Å². The summed E-state index contributed by atoms with van der Waals surface area (Å²) in [6.45, 7) is 0. The molecule has 0 aliphatic carbocycles. The van der Waals surface area contributed by atoms with Gasteiger partial charge in [-0.15, -0.1) is 22.7 Å². The van der Waals surface area contributed by atoms with Crippen LogP contribution in [0.3, 0.4) is 0 Å². The average Bonchev–Trinajstić information content (AvgIpc) is 2.77. The molecule has 0 fully saturated rings. The maximum Gasteiger partial charge on any atom is 0.309 e. The highest BCUT2D eigenvalue weighted by Gasteiger charge is 2.06. The summed E-state index contributed by atoms with van der Waals surface area (Å²) in [5, 5.41) is 16.6. The number of rotatable bonds is 4. The smallest absolute Gasteiger partial charge is 0.309 e. The van der Waals surface area contributed by atoms with Crippen LogP contribution in [0.1, 0.15) is 5.69 Å². The van der Waals surface area contributed by atoms with Gasteiger partial charge in [0.2, 0.25) is 0 Å². The van der Waals surface area contributed by atoms with Gasteiger partial charge in [-0.3, -0.25) is 4.79 Å². The van der Waals surface area contributed by atoms with E-state index in [0.717, 1.165) is 5.13 Å². The Labute approximate surface area is 93.4 Å². The normalized spacial score (nSPS) is 10.1. The zero-order chi connectivity index (χ0) is 10.7. The van der Waals surface area contributed by atoms with Crippen molar-refractivity contribution in [1.29, 1.82) is 0 Å². The summed E-state index contributed by atoms with van der Waals surface area (Å²) >= 11 is 2.84. The number of aliphatic carboxylic acids is 1. The highest BCUT2D eigenvalue weighted by atomic mass is 32.1. The molecule has 0 aliphatic heterocycles. The molecule has 2 heterocycles. The van der Waals surface area contributed by atoms with Crippen LogP contribution in [0.5, 0.6) is 0 Å². The van der Waals surface area contributed by atoms with E-state index in [2.05, 4.69) is 15.3 Å². The Hall–Kier alpha value is -1.47. The van der Waals surface area contributed by atoms with E-state index < -0.39 is 5.97 Å². The number of hydrogen-bond donors (Lipinski definition) is 2. The number of hydrogen-bond acceptors (Lipinski definition) is 6. The molecule has 2 aromatic rings. The molecular weight excluding hydrogens is 234 g/mol. The largest absolute Gasteiger partial charge is 0.481 e. The minimum absolute atomic E-state index is 0.0456. The van der Waals surface area contributed by atoms with Gasteiger partial charge < -0.3 is 10.4 Å². The third kappa shape index (κ3) is 2.74. The molecule has 0 atom stereocenters. The molecule has 0 unspecified atom stereocenters. The van der Waals surface area contributed by atoms with Crippen molar-refractivity contribution < 1.29 is 9.90 Å². The van der Waals surface area contributed by atoms with Gasteiger partial charge in [-0.05, 0) is 0 Å². The molecule has 0 amide bonds. The summed E-state index contributed by atoms with van der Waals surface area (Å²) in [7, 11) is 0. The van der Waals surface area contributed by atoms with Gasteiger partial charge in [-0.25, -0.2) is 9.97 Å². The van der Waals surface area contributed by atoms with Crippen LogP contribution >= 0.6 is 22.7 Å². The van der Waals surface area contributed by atoms with E-state index in [4.69, 9.17) is 5.11 Å². The molecule has 0 radical (unpaired) electrons.